The number of fused-ring (bicyclic) bond motifs is 1. The number of amides is 2. The molecule has 188 valence electrons. The molecule has 0 unspecified atom stereocenters. The summed E-state index contributed by atoms with van der Waals surface area (Å²) in [6, 6.07) is 9.75. The summed E-state index contributed by atoms with van der Waals surface area (Å²) in [5.41, 5.74) is 5.41. The van der Waals surface area contributed by atoms with E-state index < -0.39 is 24.0 Å². The van der Waals surface area contributed by atoms with Crippen molar-refractivity contribution in [2.45, 2.75) is 46.6 Å². The molecule has 3 heterocycles. The van der Waals surface area contributed by atoms with Crippen molar-refractivity contribution in [3.8, 4) is 0 Å². The second-order valence-corrected chi connectivity index (χ2v) is 8.53. The van der Waals surface area contributed by atoms with E-state index in [4.69, 9.17) is 9.47 Å². The van der Waals surface area contributed by atoms with Gasteiger partial charge in [0.25, 0.3) is 0 Å². The summed E-state index contributed by atoms with van der Waals surface area (Å²) in [6.07, 6.45) is 0.522. The third kappa shape index (κ3) is 5.22. The summed E-state index contributed by atoms with van der Waals surface area (Å²) in [5, 5.41) is 9.82. The van der Waals surface area contributed by atoms with E-state index >= 15 is 0 Å². The lowest BCUT2D eigenvalue weighted by Crippen LogP contribution is -2.47. The van der Waals surface area contributed by atoms with Crippen LogP contribution in [-0.2, 0) is 25.5 Å². The van der Waals surface area contributed by atoms with Crippen molar-refractivity contribution in [3.05, 3.63) is 75.9 Å². The van der Waals surface area contributed by atoms with Crippen molar-refractivity contribution < 1.29 is 23.9 Å². The second kappa shape index (κ2) is 10.6. The minimum Gasteiger partial charge on any atom is -0.463 e. The average molecular weight is 492 g/mol. The number of esters is 2. The number of nitrogens with one attached hydrogen (secondary N) is 2. The van der Waals surface area contributed by atoms with Gasteiger partial charge >= 0.3 is 18.0 Å². The molecule has 1 aliphatic heterocycles. The Kier molecular flexibility index (Phi) is 7.33. The number of carbonyl (C=O) groups is 3. The van der Waals surface area contributed by atoms with Crippen molar-refractivity contribution in [2.75, 3.05) is 13.2 Å². The predicted octanol–water partition coefficient (Wildman–Crippen LogP) is 3.00. The van der Waals surface area contributed by atoms with Gasteiger partial charge in [0.1, 0.15) is 6.61 Å². The van der Waals surface area contributed by atoms with Gasteiger partial charge in [-0.2, -0.15) is 5.10 Å². The van der Waals surface area contributed by atoms with E-state index in [0.717, 1.165) is 28.3 Å². The Labute approximate surface area is 208 Å². The molecule has 0 spiro atoms. The van der Waals surface area contributed by atoms with Gasteiger partial charge in [-0.3, -0.25) is 4.79 Å². The smallest absolute Gasteiger partial charge is 0.338 e. The Bertz CT molecular complexity index is 1350. The van der Waals surface area contributed by atoms with E-state index in [1.165, 1.54) is 0 Å². The maximum absolute atomic E-state index is 12.8. The van der Waals surface area contributed by atoms with Crippen molar-refractivity contribution in [1.82, 2.24) is 25.2 Å². The predicted molar refractivity (Wildman–Crippen MR) is 131 cm³/mol. The lowest BCUT2D eigenvalue weighted by molar-refractivity contribution is -0.143. The lowest BCUT2D eigenvalue weighted by Gasteiger charge is -2.29. The van der Waals surface area contributed by atoms with Gasteiger partial charge in [-0.25, -0.2) is 19.1 Å². The van der Waals surface area contributed by atoms with Gasteiger partial charge in [-0.05, 0) is 45.2 Å². The Morgan fingerprint density at radius 2 is 1.86 bits per heavy atom. The summed E-state index contributed by atoms with van der Waals surface area (Å²) in [5.74, 6) is -1.06. The van der Waals surface area contributed by atoms with Gasteiger partial charge in [-0.15, -0.1) is 0 Å². The monoisotopic (exact) mass is 491 g/mol. The van der Waals surface area contributed by atoms with E-state index in [1.807, 2.05) is 45.0 Å². The van der Waals surface area contributed by atoms with E-state index in [9.17, 15) is 14.4 Å². The maximum Gasteiger partial charge on any atom is 0.338 e. The first kappa shape index (κ1) is 24.9. The zero-order valence-electron chi connectivity index (χ0n) is 20.8. The molecule has 0 saturated carbocycles. The van der Waals surface area contributed by atoms with Crippen LogP contribution in [0.5, 0.6) is 0 Å². The summed E-state index contributed by atoms with van der Waals surface area (Å²) < 4.78 is 12.5. The topological polar surface area (TPSA) is 124 Å². The molecular weight excluding hydrogens is 462 g/mol. The molecule has 0 bridgehead atoms. The Morgan fingerprint density at radius 1 is 1.11 bits per heavy atom. The molecule has 0 fully saturated rings. The fourth-order valence-corrected chi connectivity index (χ4v) is 4.33. The molecule has 10 heteroatoms. The van der Waals surface area contributed by atoms with Crippen LogP contribution in [0.4, 0.5) is 4.79 Å². The fraction of sp³-hybridized carbons (Fsp3) is 0.346. The molecule has 4 rings (SSSR count). The van der Waals surface area contributed by atoms with Crippen molar-refractivity contribution in [2.24, 2.45) is 0 Å². The van der Waals surface area contributed by atoms with Crippen LogP contribution in [0.3, 0.4) is 0 Å². The van der Waals surface area contributed by atoms with Gasteiger partial charge in [0, 0.05) is 23.9 Å². The van der Waals surface area contributed by atoms with E-state index in [-0.39, 0.29) is 30.9 Å². The normalized spacial score (nSPS) is 15.4. The molecule has 2 aromatic heterocycles. The number of rotatable bonds is 8. The summed E-state index contributed by atoms with van der Waals surface area (Å²) >= 11 is 0. The second-order valence-electron chi connectivity index (χ2n) is 8.53. The van der Waals surface area contributed by atoms with Crippen molar-refractivity contribution in [3.63, 3.8) is 0 Å². The number of aromatic nitrogens is 3. The molecule has 1 atom stereocenters. The number of benzene rings is 1. The standard InChI is InChI=1S/C26H29N5O5/c1-5-35-25(33)23-20(28-26(34)29-24(23)18-9-7-6-8-10-18)14-36-22(32)12-11-19-16(3)27-21-13-15(2)30-31(21)17(19)4/h6-10,13,24H,5,11-12,14H2,1-4H3,(H2,28,29,34)/t24-/m0/s1. The Morgan fingerprint density at radius 3 is 2.58 bits per heavy atom. The minimum absolute atomic E-state index is 0.103. The minimum atomic E-state index is -0.728. The summed E-state index contributed by atoms with van der Waals surface area (Å²) in [6.45, 7) is 7.35. The molecule has 3 aromatic rings. The first-order valence-corrected chi connectivity index (χ1v) is 11.8. The molecule has 2 amide bonds. The first-order valence-electron chi connectivity index (χ1n) is 11.8. The Hall–Kier alpha value is -4.21. The van der Waals surface area contributed by atoms with Crippen LogP contribution in [0.25, 0.3) is 5.65 Å². The maximum atomic E-state index is 12.8. The molecule has 0 aliphatic carbocycles. The highest BCUT2D eigenvalue weighted by Gasteiger charge is 2.34. The number of nitrogens with zero attached hydrogens (tertiary/aromatic N) is 3. The van der Waals surface area contributed by atoms with E-state index in [0.29, 0.717) is 12.0 Å². The zero-order valence-corrected chi connectivity index (χ0v) is 20.8. The van der Waals surface area contributed by atoms with Crippen LogP contribution in [0.1, 0.15) is 47.6 Å². The number of urea groups is 1. The average Bonchev–Trinajstić information content (AvgIpc) is 3.23. The van der Waals surface area contributed by atoms with Crippen molar-refractivity contribution in [1.29, 1.82) is 0 Å². The number of ether oxygens (including phenoxy) is 2. The van der Waals surface area contributed by atoms with Crippen LogP contribution in [0.2, 0.25) is 0 Å². The molecule has 36 heavy (non-hydrogen) atoms. The molecule has 0 radical (unpaired) electrons. The molecular formula is C26H29N5O5. The number of hydrogen-bond donors (Lipinski definition) is 2. The third-order valence-corrected chi connectivity index (χ3v) is 6.02. The van der Waals surface area contributed by atoms with E-state index in [1.54, 1.807) is 23.6 Å². The summed E-state index contributed by atoms with van der Waals surface area (Å²) in [7, 11) is 0. The highest BCUT2D eigenvalue weighted by molar-refractivity contribution is 5.95. The highest BCUT2D eigenvalue weighted by Crippen LogP contribution is 2.28. The zero-order chi connectivity index (χ0) is 25.8. The van der Waals surface area contributed by atoms with Crippen LogP contribution >= 0.6 is 0 Å². The number of hydrogen-bond acceptors (Lipinski definition) is 7. The van der Waals surface area contributed by atoms with Gasteiger partial charge in [0.05, 0.1) is 29.6 Å². The van der Waals surface area contributed by atoms with Gasteiger partial charge in [0.2, 0.25) is 0 Å². The fourth-order valence-electron chi connectivity index (χ4n) is 4.33. The van der Waals surface area contributed by atoms with Crippen LogP contribution in [0, 0.1) is 20.8 Å². The lowest BCUT2D eigenvalue weighted by atomic mass is 9.95. The third-order valence-electron chi connectivity index (χ3n) is 6.02. The molecule has 10 nitrogen and oxygen atoms in total. The van der Waals surface area contributed by atoms with Crippen molar-refractivity contribution >= 4 is 23.6 Å². The summed E-state index contributed by atoms with van der Waals surface area (Å²) in [4.78, 5) is 42.4. The van der Waals surface area contributed by atoms with E-state index in [2.05, 4.69) is 20.7 Å². The van der Waals surface area contributed by atoms with Gasteiger partial charge < -0.3 is 20.1 Å². The van der Waals surface area contributed by atoms with Crippen LogP contribution in [-0.4, -0.2) is 45.8 Å². The molecule has 0 saturated heterocycles. The van der Waals surface area contributed by atoms with Crippen LogP contribution < -0.4 is 10.6 Å². The highest BCUT2D eigenvalue weighted by atomic mass is 16.5. The Balaban J connectivity index is 1.51. The van der Waals surface area contributed by atoms with Gasteiger partial charge in [-0.1, -0.05) is 30.3 Å². The number of carbonyl (C=O) groups excluding carboxylic acids is 3. The first-order chi connectivity index (χ1) is 17.3. The SMILES string of the molecule is CCOC(=O)C1=C(COC(=O)CCc2c(C)nc3cc(C)nn3c2C)NC(=O)N[C@H]1c1ccccc1. The largest absolute Gasteiger partial charge is 0.463 e. The quantitative estimate of drug-likeness (QED) is 0.464. The van der Waals surface area contributed by atoms with Crippen LogP contribution in [0.15, 0.2) is 47.7 Å². The molecule has 1 aromatic carbocycles. The van der Waals surface area contributed by atoms with Gasteiger partial charge in [0.15, 0.2) is 5.65 Å². The molecule has 2 N–H and O–H groups in total. The molecule has 1 aliphatic rings. The number of aryl methyl sites for hydroxylation is 3.